The Morgan fingerprint density at radius 2 is 2.11 bits per heavy atom. The second-order valence-corrected chi connectivity index (χ2v) is 10.0. The Balaban J connectivity index is 1.35. The van der Waals surface area contributed by atoms with Gasteiger partial charge in [0.25, 0.3) is 5.91 Å². The van der Waals surface area contributed by atoms with E-state index in [1.807, 2.05) is 18.7 Å². The van der Waals surface area contributed by atoms with Gasteiger partial charge in [0.1, 0.15) is 23.8 Å². The average molecular weight is 520 g/mol. The minimum absolute atomic E-state index is 0.0204. The van der Waals surface area contributed by atoms with Crippen LogP contribution < -0.4 is 4.74 Å². The summed E-state index contributed by atoms with van der Waals surface area (Å²) >= 11 is 6.32. The molecule has 1 amide bonds. The summed E-state index contributed by atoms with van der Waals surface area (Å²) in [6.07, 6.45) is -2.35. The van der Waals surface area contributed by atoms with E-state index in [2.05, 4.69) is 10.1 Å². The summed E-state index contributed by atoms with van der Waals surface area (Å²) in [6.45, 7) is 6.89. The van der Waals surface area contributed by atoms with Crippen LogP contribution in [0.25, 0.3) is 5.65 Å². The van der Waals surface area contributed by atoms with E-state index >= 15 is 0 Å². The van der Waals surface area contributed by atoms with E-state index in [4.69, 9.17) is 16.3 Å². The number of hydrogen-bond acceptors (Lipinski definition) is 6. The SMILES string of the molecule is Cc1nc2c3c(nn2c(C)c1Cl)CN(C(=O)c1ccc(F)cc1O[C@H]1CCN(CC(C)O)C[C@@H]1F)C3. The third kappa shape index (κ3) is 4.53. The van der Waals surface area contributed by atoms with Crippen LogP contribution in [0.1, 0.15) is 46.3 Å². The zero-order chi connectivity index (χ0) is 25.7. The number of carbonyl (C=O) groups is 1. The normalized spacial score (nSPS) is 21.1. The second kappa shape index (κ2) is 9.57. The Hall–Kier alpha value is -2.82. The highest BCUT2D eigenvalue weighted by molar-refractivity contribution is 6.31. The van der Waals surface area contributed by atoms with E-state index in [1.54, 1.807) is 16.3 Å². The molecule has 2 aliphatic rings. The maximum Gasteiger partial charge on any atom is 0.258 e. The molecule has 2 aliphatic heterocycles. The van der Waals surface area contributed by atoms with Gasteiger partial charge in [-0.25, -0.2) is 18.3 Å². The molecule has 0 radical (unpaired) electrons. The van der Waals surface area contributed by atoms with Crippen LogP contribution in [-0.4, -0.2) is 73.4 Å². The lowest BCUT2D eigenvalue weighted by molar-refractivity contribution is 0.00663. The fraction of sp³-hybridized carbons (Fsp3) is 0.480. The van der Waals surface area contributed by atoms with Crippen molar-refractivity contribution in [1.29, 1.82) is 0 Å². The Labute approximate surface area is 212 Å². The number of rotatable bonds is 5. The Morgan fingerprint density at radius 1 is 1.33 bits per heavy atom. The third-order valence-electron chi connectivity index (χ3n) is 6.78. The van der Waals surface area contributed by atoms with Crippen molar-refractivity contribution in [2.24, 2.45) is 0 Å². The number of piperidine rings is 1. The summed E-state index contributed by atoms with van der Waals surface area (Å²) < 4.78 is 36.6. The number of aliphatic hydroxyl groups excluding tert-OH is 1. The summed E-state index contributed by atoms with van der Waals surface area (Å²) in [7, 11) is 0. The fourth-order valence-electron chi connectivity index (χ4n) is 4.98. The van der Waals surface area contributed by atoms with Gasteiger partial charge in [0.05, 0.1) is 46.9 Å². The Morgan fingerprint density at radius 3 is 2.83 bits per heavy atom. The quantitative estimate of drug-likeness (QED) is 0.556. The van der Waals surface area contributed by atoms with Crippen LogP contribution >= 0.6 is 11.6 Å². The van der Waals surface area contributed by atoms with Crippen molar-refractivity contribution in [1.82, 2.24) is 24.4 Å². The third-order valence-corrected chi connectivity index (χ3v) is 7.33. The molecular formula is C25H28ClF2N5O3. The number of ether oxygens (including phenoxy) is 1. The molecule has 1 N–H and O–H groups in total. The molecule has 1 fully saturated rings. The van der Waals surface area contributed by atoms with Crippen LogP contribution in [0.5, 0.6) is 5.75 Å². The number of likely N-dealkylation sites (tertiary alicyclic amines) is 1. The van der Waals surface area contributed by atoms with Crippen LogP contribution in [0.2, 0.25) is 5.02 Å². The molecule has 0 bridgehead atoms. The number of hydrogen-bond donors (Lipinski definition) is 1. The number of aromatic nitrogens is 3. The lowest BCUT2D eigenvalue weighted by Gasteiger charge is -2.35. The van der Waals surface area contributed by atoms with Crippen LogP contribution in [-0.2, 0) is 13.1 Å². The maximum atomic E-state index is 14.9. The summed E-state index contributed by atoms with van der Waals surface area (Å²) in [5.74, 6) is -0.907. The van der Waals surface area contributed by atoms with Crippen molar-refractivity contribution < 1.29 is 23.4 Å². The number of carbonyl (C=O) groups excluding carboxylic acids is 1. The number of β-amino-alcohol motifs (C(OH)–C–C–N with tert-alkyl or cyclic N) is 1. The highest BCUT2D eigenvalue weighted by atomic mass is 35.5. The molecule has 1 aromatic carbocycles. The molecule has 0 aliphatic carbocycles. The number of fused-ring (bicyclic) bond motifs is 3. The fourth-order valence-corrected chi connectivity index (χ4v) is 5.10. The molecule has 4 heterocycles. The van der Waals surface area contributed by atoms with Gasteiger partial charge in [0, 0.05) is 31.3 Å². The minimum Gasteiger partial charge on any atom is -0.486 e. The highest BCUT2D eigenvalue weighted by Crippen LogP contribution is 2.32. The van der Waals surface area contributed by atoms with E-state index in [0.717, 1.165) is 23.0 Å². The molecule has 0 spiro atoms. The number of halogens is 3. The van der Waals surface area contributed by atoms with Gasteiger partial charge in [-0.3, -0.25) is 9.69 Å². The summed E-state index contributed by atoms with van der Waals surface area (Å²) in [6, 6.07) is 3.70. The number of aryl methyl sites for hydroxylation is 2. The average Bonchev–Trinajstić information content (AvgIpc) is 3.38. The predicted molar refractivity (Wildman–Crippen MR) is 129 cm³/mol. The molecule has 2 aromatic heterocycles. The number of amides is 1. The standard InChI is InChI=1S/C25H28ClF2N5O3/c1-13(34)9-31-7-6-21(19(28)11-31)36-22-8-16(27)4-5-17(22)25(35)32-10-18-20(12-32)30-33-15(3)23(26)14(2)29-24(18)33/h4-5,8,13,19,21,34H,6-7,9-12H2,1-3H3/t13?,19-,21-/m0/s1. The summed E-state index contributed by atoms with van der Waals surface area (Å²) in [4.78, 5) is 21.5. The van der Waals surface area contributed by atoms with Crippen molar-refractivity contribution >= 4 is 23.2 Å². The number of aliphatic hydroxyl groups is 1. The van der Waals surface area contributed by atoms with E-state index in [-0.39, 0.29) is 36.9 Å². The topological polar surface area (TPSA) is 83.2 Å². The van der Waals surface area contributed by atoms with Gasteiger partial charge in [-0.2, -0.15) is 5.10 Å². The van der Waals surface area contributed by atoms with Crippen molar-refractivity contribution in [2.75, 3.05) is 19.6 Å². The summed E-state index contributed by atoms with van der Waals surface area (Å²) in [5, 5.41) is 14.7. The first-order valence-corrected chi connectivity index (χ1v) is 12.3. The number of alkyl halides is 1. The van der Waals surface area contributed by atoms with E-state index in [0.29, 0.717) is 35.9 Å². The Bertz CT molecular complexity index is 1330. The van der Waals surface area contributed by atoms with Gasteiger partial charge in [-0.15, -0.1) is 0 Å². The molecule has 0 saturated carbocycles. The summed E-state index contributed by atoms with van der Waals surface area (Å²) in [5.41, 5.74) is 3.84. The monoisotopic (exact) mass is 519 g/mol. The molecule has 1 saturated heterocycles. The zero-order valence-electron chi connectivity index (χ0n) is 20.3. The number of nitrogens with zero attached hydrogens (tertiary/aromatic N) is 5. The lowest BCUT2D eigenvalue weighted by Crippen LogP contribution is -2.48. The van der Waals surface area contributed by atoms with Crippen LogP contribution in [0.15, 0.2) is 18.2 Å². The first-order chi connectivity index (χ1) is 17.1. The van der Waals surface area contributed by atoms with Gasteiger partial charge >= 0.3 is 0 Å². The molecular weight excluding hydrogens is 492 g/mol. The van der Waals surface area contributed by atoms with Crippen molar-refractivity contribution in [3.63, 3.8) is 0 Å². The molecule has 8 nitrogen and oxygen atoms in total. The van der Waals surface area contributed by atoms with Crippen molar-refractivity contribution in [3.05, 3.63) is 57.2 Å². The second-order valence-electron chi connectivity index (χ2n) is 9.63. The molecule has 36 heavy (non-hydrogen) atoms. The molecule has 192 valence electrons. The van der Waals surface area contributed by atoms with Crippen molar-refractivity contribution in [2.45, 2.75) is 58.7 Å². The molecule has 1 unspecified atom stereocenters. The first-order valence-electron chi connectivity index (χ1n) is 12.0. The van der Waals surface area contributed by atoms with Gasteiger partial charge in [0.15, 0.2) is 5.65 Å². The van der Waals surface area contributed by atoms with Gasteiger partial charge in [-0.05, 0) is 39.3 Å². The minimum atomic E-state index is -1.34. The molecule has 5 rings (SSSR count). The largest absolute Gasteiger partial charge is 0.486 e. The van der Waals surface area contributed by atoms with E-state index in [9.17, 15) is 18.7 Å². The first kappa shape index (κ1) is 24.9. The maximum absolute atomic E-state index is 14.9. The number of benzene rings is 1. The van der Waals surface area contributed by atoms with E-state index < -0.39 is 24.2 Å². The Kier molecular flexibility index (Phi) is 6.61. The van der Waals surface area contributed by atoms with E-state index in [1.165, 1.54) is 12.1 Å². The van der Waals surface area contributed by atoms with Crippen molar-refractivity contribution in [3.8, 4) is 5.75 Å². The van der Waals surface area contributed by atoms with Gasteiger partial charge in [-0.1, -0.05) is 11.6 Å². The van der Waals surface area contributed by atoms with Crippen LogP contribution in [0.4, 0.5) is 8.78 Å². The molecule has 3 atom stereocenters. The zero-order valence-corrected chi connectivity index (χ0v) is 21.1. The molecule has 3 aromatic rings. The van der Waals surface area contributed by atoms with Crippen LogP contribution in [0.3, 0.4) is 0 Å². The molecule has 11 heteroatoms. The van der Waals surface area contributed by atoms with Gasteiger partial charge in [0.2, 0.25) is 0 Å². The van der Waals surface area contributed by atoms with Gasteiger partial charge < -0.3 is 14.7 Å². The van der Waals surface area contributed by atoms with Crippen LogP contribution in [0, 0.1) is 19.7 Å². The predicted octanol–water partition coefficient (Wildman–Crippen LogP) is 3.47. The lowest BCUT2D eigenvalue weighted by atomic mass is 10.0. The smallest absolute Gasteiger partial charge is 0.258 e. The highest BCUT2D eigenvalue weighted by Gasteiger charge is 2.34.